The Kier molecular flexibility index (Phi) is 5.36. The van der Waals surface area contributed by atoms with Crippen LogP contribution in [0.25, 0.3) is 0 Å². The molecule has 1 unspecified atom stereocenters. The summed E-state index contributed by atoms with van der Waals surface area (Å²) in [5.41, 5.74) is 0.564. The molecule has 0 aliphatic heterocycles. The number of carbonyl (C=O) groups is 2. The minimum Gasteiger partial charge on any atom is -0.427 e. The highest BCUT2D eigenvalue weighted by Crippen LogP contribution is 2.12. The molecule has 0 saturated heterocycles. The molecule has 1 N–H and O–H groups in total. The van der Waals surface area contributed by atoms with Crippen LogP contribution in [-0.4, -0.2) is 17.9 Å². The lowest BCUT2D eigenvalue weighted by Gasteiger charge is -2.12. The quantitative estimate of drug-likeness (QED) is 0.644. The zero-order chi connectivity index (χ0) is 13.5. The van der Waals surface area contributed by atoms with Crippen molar-refractivity contribution in [3.63, 3.8) is 0 Å². The SMILES string of the molecule is CCCC(C)NC(=O)c1ccc(OC(C)=O)cc1. The molecule has 0 fully saturated rings. The highest BCUT2D eigenvalue weighted by atomic mass is 16.5. The van der Waals surface area contributed by atoms with Crippen LogP contribution in [-0.2, 0) is 4.79 Å². The highest BCUT2D eigenvalue weighted by Gasteiger charge is 2.09. The zero-order valence-corrected chi connectivity index (χ0v) is 11.0. The van der Waals surface area contributed by atoms with E-state index in [1.54, 1.807) is 24.3 Å². The molecule has 0 radical (unpaired) electrons. The van der Waals surface area contributed by atoms with E-state index in [0.717, 1.165) is 12.8 Å². The first-order valence-corrected chi connectivity index (χ1v) is 6.12. The molecule has 1 amide bonds. The van der Waals surface area contributed by atoms with E-state index in [2.05, 4.69) is 12.2 Å². The van der Waals surface area contributed by atoms with Gasteiger partial charge in [0.2, 0.25) is 0 Å². The summed E-state index contributed by atoms with van der Waals surface area (Å²) in [6.45, 7) is 5.40. The first-order chi connectivity index (χ1) is 8.52. The van der Waals surface area contributed by atoms with E-state index in [4.69, 9.17) is 4.74 Å². The van der Waals surface area contributed by atoms with Gasteiger partial charge in [-0.3, -0.25) is 9.59 Å². The van der Waals surface area contributed by atoms with Gasteiger partial charge in [0.25, 0.3) is 5.91 Å². The van der Waals surface area contributed by atoms with Crippen LogP contribution < -0.4 is 10.1 Å². The molecule has 1 aromatic rings. The number of hydrogen-bond donors (Lipinski definition) is 1. The van der Waals surface area contributed by atoms with Crippen LogP contribution in [0.1, 0.15) is 44.0 Å². The number of esters is 1. The Bertz CT molecular complexity index is 412. The van der Waals surface area contributed by atoms with Gasteiger partial charge >= 0.3 is 5.97 Å². The van der Waals surface area contributed by atoms with Crippen molar-refractivity contribution in [3.05, 3.63) is 29.8 Å². The van der Waals surface area contributed by atoms with E-state index in [1.807, 2.05) is 6.92 Å². The summed E-state index contributed by atoms with van der Waals surface area (Å²) in [7, 11) is 0. The summed E-state index contributed by atoms with van der Waals surface area (Å²) in [6.07, 6.45) is 1.99. The fourth-order valence-corrected chi connectivity index (χ4v) is 1.65. The average molecular weight is 249 g/mol. The minimum absolute atomic E-state index is 0.106. The molecule has 98 valence electrons. The predicted octanol–water partition coefficient (Wildman–Crippen LogP) is 2.53. The maximum atomic E-state index is 11.8. The van der Waals surface area contributed by atoms with Crippen LogP contribution in [0.2, 0.25) is 0 Å². The molecule has 1 aromatic carbocycles. The first-order valence-electron chi connectivity index (χ1n) is 6.12. The summed E-state index contributed by atoms with van der Waals surface area (Å²) in [4.78, 5) is 22.6. The van der Waals surface area contributed by atoms with E-state index in [9.17, 15) is 9.59 Å². The van der Waals surface area contributed by atoms with Gasteiger partial charge in [0.05, 0.1) is 0 Å². The molecule has 0 aliphatic carbocycles. The van der Waals surface area contributed by atoms with Gasteiger partial charge in [0.1, 0.15) is 5.75 Å². The molecular weight excluding hydrogens is 230 g/mol. The summed E-state index contributed by atoms with van der Waals surface area (Å²) in [5.74, 6) is -0.0326. The van der Waals surface area contributed by atoms with Crippen molar-refractivity contribution in [2.24, 2.45) is 0 Å². The lowest BCUT2D eigenvalue weighted by atomic mass is 10.1. The summed E-state index contributed by atoms with van der Waals surface area (Å²) in [5, 5.41) is 2.91. The van der Waals surface area contributed by atoms with Crippen LogP contribution in [0, 0.1) is 0 Å². The van der Waals surface area contributed by atoms with Crippen LogP contribution in [0.15, 0.2) is 24.3 Å². The monoisotopic (exact) mass is 249 g/mol. The van der Waals surface area contributed by atoms with Gasteiger partial charge < -0.3 is 10.1 Å². The largest absolute Gasteiger partial charge is 0.427 e. The van der Waals surface area contributed by atoms with Gasteiger partial charge in [-0.2, -0.15) is 0 Å². The molecule has 1 rings (SSSR count). The van der Waals surface area contributed by atoms with E-state index < -0.39 is 0 Å². The zero-order valence-electron chi connectivity index (χ0n) is 11.0. The van der Waals surface area contributed by atoms with E-state index in [0.29, 0.717) is 11.3 Å². The van der Waals surface area contributed by atoms with Crippen molar-refractivity contribution in [1.29, 1.82) is 0 Å². The highest BCUT2D eigenvalue weighted by molar-refractivity contribution is 5.94. The molecule has 4 heteroatoms. The Hall–Kier alpha value is -1.84. The fraction of sp³-hybridized carbons (Fsp3) is 0.429. The summed E-state index contributed by atoms with van der Waals surface area (Å²) >= 11 is 0. The van der Waals surface area contributed by atoms with Gasteiger partial charge in [-0.1, -0.05) is 13.3 Å². The number of benzene rings is 1. The van der Waals surface area contributed by atoms with E-state index >= 15 is 0 Å². The van der Waals surface area contributed by atoms with Crippen molar-refractivity contribution < 1.29 is 14.3 Å². The first kappa shape index (κ1) is 14.2. The fourth-order valence-electron chi connectivity index (χ4n) is 1.65. The van der Waals surface area contributed by atoms with Crippen molar-refractivity contribution in [2.75, 3.05) is 0 Å². The maximum Gasteiger partial charge on any atom is 0.308 e. The molecule has 18 heavy (non-hydrogen) atoms. The third-order valence-electron chi connectivity index (χ3n) is 2.48. The lowest BCUT2D eigenvalue weighted by Crippen LogP contribution is -2.32. The molecule has 0 spiro atoms. The van der Waals surface area contributed by atoms with Gasteiger partial charge in [-0.25, -0.2) is 0 Å². The third kappa shape index (κ3) is 4.57. The van der Waals surface area contributed by atoms with Crippen LogP contribution >= 0.6 is 0 Å². The Balaban J connectivity index is 2.61. The second-order valence-electron chi connectivity index (χ2n) is 4.28. The molecule has 0 saturated carbocycles. The van der Waals surface area contributed by atoms with Crippen molar-refractivity contribution in [1.82, 2.24) is 5.32 Å². The topological polar surface area (TPSA) is 55.4 Å². The smallest absolute Gasteiger partial charge is 0.308 e. The van der Waals surface area contributed by atoms with Gasteiger partial charge in [0, 0.05) is 18.5 Å². The number of nitrogens with one attached hydrogen (secondary N) is 1. The Labute approximate surface area is 107 Å². The standard InChI is InChI=1S/C14H19NO3/c1-4-5-10(2)15-14(17)12-6-8-13(9-7-12)18-11(3)16/h6-10H,4-5H2,1-3H3,(H,15,17). The van der Waals surface area contributed by atoms with Crippen molar-refractivity contribution >= 4 is 11.9 Å². The summed E-state index contributed by atoms with van der Waals surface area (Å²) < 4.78 is 4.90. The van der Waals surface area contributed by atoms with Crippen molar-refractivity contribution in [2.45, 2.75) is 39.7 Å². The number of ether oxygens (including phenoxy) is 1. The Morgan fingerprint density at radius 3 is 2.39 bits per heavy atom. The number of amides is 1. The third-order valence-corrected chi connectivity index (χ3v) is 2.48. The molecule has 4 nitrogen and oxygen atoms in total. The Morgan fingerprint density at radius 2 is 1.89 bits per heavy atom. The minimum atomic E-state index is -0.372. The maximum absolute atomic E-state index is 11.8. The van der Waals surface area contributed by atoms with Gasteiger partial charge in [-0.05, 0) is 37.6 Å². The van der Waals surface area contributed by atoms with E-state index in [-0.39, 0.29) is 17.9 Å². The van der Waals surface area contributed by atoms with Gasteiger partial charge in [0.15, 0.2) is 0 Å². The second kappa shape index (κ2) is 6.79. The van der Waals surface area contributed by atoms with Crippen molar-refractivity contribution in [3.8, 4) is 5.75 Å². The summed E-state index contributed by atoms with van der Waals surface area (Å²) in [6, 6.07) is 6.68. The van der Waals surface area contributed by atoms with Crippen LogP contribution in [0.5, 0.6) is 5.75 Å². The normalized spacial score (nSPS) is 11.7. The molecule has 1 atom stereocenters. The predicted molar refractivity (Wildman–Crippen MR) is 69.6 cm³/mol. The number of rotatable bonds is 5. The molecule has 0 heterocycles. The molecule has 0 aromatic heterocycles. The molecular formula is C14H19NO3. The second-order valence-corrected chi connectivity index (χ2v) is 4.28. The Morgan fingerprint density at radius 1 is 1.28 bits per heavy atom. The van der Waals surface area contributed by atoms with Crippen LogP contribution in [0.3, 0.4) is 0 Å². The van der Waals surface area contributed by atoms with E-state index in [1.165, 1.54) is 6.92 Å². The van der Waals surface area contributed by atoms with Gasteiger partial charge in [-0.15, -0.1) is 0 Å². The average Bonchev–Trinajstić information content (AvgIpc) is 2.29. The van der Waals surface area contributed by atoms with Crippen LogP contribution in [0.4, 0.5) is 0 Å². The molecule has 0 bridgehead atoms. The number of carbonyl (C=O) groups excluding carboxylic acids is 2. The lowest BCUT2D eigenvalue weighted by molar-refractivity contribution is -0.131. The number of hydrogen-bond acceptors (Lipinski definition) is 3. The molecule has 0 aliphatic rings.